The molecular formula is C45H33B5N4O. The third kappa shape index (κ3) is 5.19. The zero-order valence-electron chi connectivity index (χ0n) is 31.5. The second kappa shape index (κ2) is 12.8. The Morgan fingerprint density at radius 1 is 0.418 bits per heavy atom. The van der Waals surface area contributed by atoms with Crippen LogP contribution < -0.4 is 27.3 Å². The summed E-state index contributed by atoms with van der Waals surface area (Å²) in [5.74, 6) is 1.86. The van der Waals surface area contributed by atoms with Gasteiger partial charge in [0.05, 0.1) is 11.0 Å². The van der Waals surface area contributed by atoms with Gasteiger partial charge in [0.2, 0.25) is 0 Å². The van der Waals surface area contributed by atoms with Crippen LogP contribution in [-0.2, 0) is 0 Å². The minimum Gasteiger partial charge on any atom is -0.456 e. The molecule has 0 saturated carbocycles. The summed E-state index contributed by atoms with van der Waals surface area (Å²) >= 11 is 0. The van der Waals surface area contributed by atoms with E-state index >= 15 is 0 Å². The van der Waals surface area contributed by atoms with Crippen LogP contribution in [0, 0.1) is 0 Å². The van der Waals surface area contributed by atoms with Gasteiger partial charge in [-0.2, -0.15) is 0 Å². The van der Waals surface area contributed by atoms with Gasteiger partial charge in [-0.15, -0.1) is 16.4 Å². The van der Waals surface area contributed by atoms with Crippen molar-refractivity contribution in [3.05, 3.63) is 140 Å². The van der Waals surface area contributed by atoms with Crippen molar-refractivity contribution in [1.82, 2.24) is 19.5 Å². The summed E-state index contributed by atoms with van der Waals surface area (Å²) < 4.78 is 9.06. The minimum atomic E-state index is 0.604. The van der Waals surface area contributed by atoms with Crippen LogP contribution in [0.5, 0.6) is 0 Å². The summed E-state index contributed by atoms with van der Waals surface area (Å²) in [5.41, 5.74) is 17.1. The van der Waals surface area contributed by atoms with Gasteiger partial charge in [0.25, 0.3) is 0 Å². The fraction of sp³-hybridized carbons (Fsp3) is 0. The molecule has 0 fully saturated rings. The lowest BCUT2D eigenvalue weighted by Gasteiger charge is -2.21. The van der Waals surface area contributed by atoms with E-state index in [2.05, 4.69) is 111 Å². The number of hydrogen-bond acceptors (Lipinski definition) is 4. The molecule has 0 saturated heterocycles. The standard InChI is InChI=1S/C45H33B5N4O/c46-38-37(39(47)41(49)42(50)40(38)48)29-16-9-19-32-35(29)27-15-7-8-18-31(27)54(32)26-21-22-28-34(23-26)55-33-20-10-17-30(36(28)33)45-52-43(24-11-3-1-4-12-24)51-44(53-45)25-13-5-2-6-14-25/h1-23H,46-50H2. The van der Waals surface area contributed by atoms with Crippen LogP contribution in [0.2, 0.25) is 0 Å². The summed E-state index contributed by atoms with van der Waals surface area (Å²) in [7, 11) is 11.3. The van der Waals surface area contributed by atoms with Crippen molar-refractivity contribution in [2.24, 2.45) is 0 Å². The maximum atomic E-state index is 6.68. The molecule has 0 aliphatic rings. The molecule has 0 unspecified atom stereocenters. The normalized spacial score (nSPS) is 11.6. The van der Waals surface area contributed by atoms with E-state index in [-0.39, 0.29) is 0 Å². The van der Waals surface area contributed by atoms with Crippen LogP contribution in [0.25, 0.3) is 94.7 Å². The topological polar surface area (TPSA) is 56.7 Å². The van der Waals surface area contributed by atoms with Gasteiger partial charge in [0.15, 0.2) is 17.5 Å². The van der Waals surface area contributed by atoms with Crippen LogP contribution in [0.3, 0.4) is 0 Å². The van der Waals surface area contributed by atoms with Crippen molar-refractivity contribution in [3.8, 4) is 51.0 Å². The lowest BCUT2D eigenvalue weighted by Crippen LogP contribution is -2.55. The van der Waals surface area contributed by atoms with Crippen molar-refractivity contribution >= 4 is 110 Å². The Morgan fingerprint density at radius 3 is 1.67 bits per heavy atom. The Bertz CT molecular complexity index is 3070. The zero-order chi connectivity index (χ0) is 37.4. The fourth-order valence-electron chi connectivity index (χ4n) is 8.48. The quantitative estimate of drug-likeness (QED) is 0.260. The van der Waals surface area contributed by atoms with Gasteiger partial charge in [0, 0.05) is 50.0 Å². The Morgan fingerprint density at radius 2 is 0.982 bits per heavy atom. The summed E-state index contributed by atoms with van der Waals surface area (Å²) in [5, 5.41) is 4.48. The maximum absolute atomic E-state index is 6.68. The van der Waals surface area contributed by atoms with E-state index in [1.165, 1.54) is 49.2 Å². The Labute approximate surface area is 323 Å². The van der Waals surface area contributed by atoms with Gasteiger partial charge in [-0.25, -0.2) is 15.0 Å². The second-order valence-corrected chi connectivity index (χ2v) is 14.6. The molecule has 10 rings (SSSR count). The molecular weight excluding hydrogens is 667 g/mol. The molecule has 10 aromatic rings. The molecule has 0 spiro atoms. The number of para-hydroxylation sites is 1. The monoisotopic (exact) mass is 700 g/mol. The predicted molar refractivity (Wildman–Crippen MR) is 244 cm³/mol. The largest absolute Gasteiger partial charge is 0.456 e. The summed E-state index contributed by atoms with van der Waals surface area (Å²) in [6.07, 6.45) is 0. The van der Waals surface area contributed by atoms with Crippen molar-refractivity contribution in [2.75, 3.05) is 0 Å². The van der Waals surface area contributed by atoms with Crippen molar-refractivity contribution < 1.29 is 4.42 Å². The van der Waals surface area contributed by atoms with Crippen molar-refractivity contribution in [2.45, 2.75) is 0 Å². The molecule has 7 aromatic carbocycles. The maximum Gasteiger partial charge on any atom is 0.164 e. The molecule has 0 radical (unpaired) electrons. The van der Waals surface area contributed by atoms with Crippen LogP contribution in [0.1, 0.15) is 0 Å². The van der Waals surface area contributed by atoms with E-state index in [1.807, 2.05) is 72.8 Å². The van der Waals surface area contributed by atoms with Crippen LogP contribution in [0.15, 0.2) is 144 Å². The van der Waals surface area contributed by atoms with Gasteiger partial charge < -0.3 is 8.98 Å². The first kappa shape index (κ1) is 33.1. The van der Waals surface area contributed by atoms with Crippen LogP contribution in [-0.4, -0.2) is 58.8 Å². The predicted octanol–water partition coefficient (Wildman–Crippen LogP) is 2.83. The van der Waals surface area contributed by atoms with E-state index in [0.717, 1.165) is 55.3 Å². The van der Waals surface area contributed by atoms with Crippen LogP contribution >= 0.6 is 0 Å². The van der Waals surface area contributed by atoms with Gasteiger partial charge in [0.1, 0.15) is 50.4 Å². The molecule has 0 amide bonds. The molecule has 55 heavy (non-hydrogen) atoms. The minimum absolute atomic E-state index is 0.604. The highest BCUT2D eigenvalue weighted by Crippen LogP contribution is 2.40. The average Bonchev–Trinajstić information content (AvgIpc) is 3.78. The fourth-order valence-corrected chi connectivity index (χ4v) is 8.48. The summed E-state index contributed by atoms with van der Waals surface area (Å²) in [6, 6.07) is 48.3. The van der Waals surface area contributed by atoms with Crippen molar-refractivity contribution in [1.29, 1.82) is 0 Å². The Balaban J connectivity index is 1.18. The molecule has 3 heterocycles. The van der Waals surface area contributed by atoms with E-state index in [9.17, 15) is 0 Å². The highest BCUT2D eigenvalue weighted by atomic mass is 16.3. The first-order valence-electron chi connectivity index (χ1n) is 18.8. The van der Waals surface area contributed by atoms with Gasteiger partial charge in [-0.05, 0) is 41.5 Å². The number of furan rings is 1. The van der Waals surface area contributed by atoms with E-state index in [1.54, 1.807) is 0 Å². The van der Waals surface area contributed by atoms with Crippen LogP contribution in [0.4, 0.5) is 0 Å². The third-order valence-corrected chi connectivity index (χ3v) is 11.6. The molecule has 0 aliphatic heterocycles. The number of hydrogen-bond donors (Lipinski definition) is 0. The highest BCUT2D eigenvalue weighted by Gasteiger charge is 2.22. The molecule has 0 bridgehead atoms. The number of nitrogens with zero attached hydrogens (tertiary/aromatic N) is 4. The molecule has 0 N–H and O–H groups in total. The molecule has 0 aliphatic carbocycles. The Kier molecular flexibility index (Phi) is 7.70. The molecule has 10 heteroatoms. The second-order valence-electron chi connectivity index (χ2n) is 14.6. The molecule has 5 nitrogen and oxygen atoms in total. The Hall–Kier alpha value is -6.53. The van der Waals surface area contributed by atoms with Gasteiger partial charge >= 0.3 is 0 Å². The lowest BCUT2D eigenvalue weighted by molar-refractivity contribution is 0.668. The summed E-state index contributed by atoms with van der Waals surface area (Å²) in [6.45, 7) is 0. The molecule has 254 valence electrons. The number of benzene rings is 7. The SMILES string of the molecule is Bc1c(B)c(B)c(-c2cccc3c2c2ccccc2n3-c2ccc3c(c2)oc2cccc(-c4nc(-c5ccccc5)nc(-c5ccccc5)n4)c23)c(B)c1B. The number of fused-ring (bicyclic) bond motifs is 6. The third-order valence-electron chi connectivity index (χ3n) is 11.6. The van der Waals surface area contributed by atoms with E-state index in [4.69, 9.17) is 19.4 Å². The molecule has 3 aromatic heterocycles. The first-order chi connectivity index (χ1) is 26.9. The first-order valence-corrected chi connectivity index (χ1v) is 18.8. The van der Waals surface area contributed by atoms with Gasteiger partial charge in [-0.1, -0.05) is 114 Å². The van der Waals surface area contributed by atoms with E-state index in [0.29, 0.717) is 17.5 Å². The van der Waals surface area contributed by atoms with E-state index < -0.39 is 0 Å². The average molecular weight is 700 g/mol. The zero-order valence-corrected chi connectivity index (χ0v) is 31.5. The summed E-state index contributed by atoms with van der Waals surface area (Å²) in [4.78, 5) is 15.0. The smallest absolute Gasteiger partial charge is 0.164 e. The molecule has 0 atom stereocenters. The lowest BCUT2D eigenvalue weighted by atomic mass is 9.59. The number of rotatable bonds is 5. The van der Waals surface area contributed by atoms with Gasteiger partial charge in [-0.3, -0.25) is 0 Å². The highest BCUT2D eigenvalue weighted by molar-refractivity contribution is 6.69. The number of aromatic nitrogens is 4. The van der Waals surface area contributed by atoms with Crippen molar-refractivity contribution in [3.63, 3.8) is 0 Å².